The van der Waals surface area contributed by atoms with Crippen molar-refractivity contribution in [3.05, 3.63) is 46.3 Å². The Morgan fingerprint density at radius 2 is 1.58 bits per heavy atom. The Kier molecular flexibility index (Phi) is 19.7. The predicted octanol–water partition coefficient (Wildman–Crippen LogP) is 8.39. The second-order valence-electron chi connectivity index (χ2n) is 7.13. The number of hydrogen-bond donors (Lipinski definition) is 0. The van der Waals surface area contributed by atoms with Crippen LogP contribution in [0.15, 0.2) is 46.3 Å². The van der Waals surface area contributed by atoms with Crippen LogP contribution in [0.2, 0.25) is 0 Å². The van der Waals surface area contributed by atoms with E-state index in [1.807, 2.05) is 40.7 Å². The van der Waals surface area contributed by atoms with Crippen LogP contribution in [0.3, 0.4) is 0 Å². The van der Waals surface area contributed by atoms with Gasteiger partial charge in [0, 0.05) is 0 Å². The van der Waals surface area contributed by atoms with Gasteiger partial charge in [-0.3, -0.25) is 0 Å². The summed E-state index contributed by atoms with van der Waals surface area (Å²) >= 11 is 0. The minimum absolute atomic E-state index is 0.0735. The first-order valence-corrected chi connectivity index (χ1v) is 11.6. The standard InChI is InChI=1S/C22H34F2O3.2C2H6/c1-7-8-19-11-12-20(14-27-19)26-13-15(2)9-10-16(3)17(4)21(23)22(24)18(5)25-6;2*1-2/h9-10,19-20H,7-8,11-14H2,1-6H3;2*1-2H3/b15-9+,16-10+,21-17-,22-18-;;. The van der Waals surface area contributed by atoms with Gasteiger partial charge in [0.25, 0.3) is 0 Å². The van der Waals surface area contributed by atoms with Crippen molar-refractivity contribution in [2.45, 2.75) is 100 Å². The van der Waals surface area contributed by atoms with Crippen LogP contribution in [0.5, 0.6) is 0 Å². The first-order chi connectivity index (χ1) is 14.8. The minimum atomic E-state index is -0.967. The summed E-state index contributed by atoms with van der Waals surface area (Å²) in [7, 11) is 1.31. The Morgan fingerprint density at radius 3 is 2.06 bits per heavy atom. The van der Waals surface area contributed by atoms with Crippen LogP contribution in [-0.4, -0.2) is 32.5 Å². The Hall–Kier alpha value is -1.46. The molecule has 0 radical (unpaired) electrons. The molecule has 2 atom stereocenters. The molecular formula is C26H46F2O3. The number of halogens is 2. The van der Waals surface area contributed by atoms with Gasteiger partial charge < -0.3 is 14.2 Å². The Labute approximate surface area is 190 Å². The van der Waals surface area contributed by atoms with Gasteiger partial charge in [0.2, 0.25) is 0 Å². The molecule has 1 saturated heterocycles. The third-order valence-corrected chi connectivity index (χ3v) is 4.83. The van der Waals surface area contributed by atoms with Gasteiger partial charge in [-0.15, -0.1) is 0 Å². The summed E-state index contributed by atoms with van der Waals surface area (Å²) in [5.41, 5.74) is 1.91. The van der Waals surface area contributed by atoms with Crippen LogP contribution in [0.4, 0.5) is 8.78 Å². The molecule has 1 rings (SSSR count). The molecule has 182 valence electrons. The zero-order valence-corrected chi connectivity index (χ0v) is 21.5. The van der Waals surface area contributed by atoms with Crippen molar-refractivity contribution in [1.29, 1.82) is 0 Å². The van der Waals surface area contributed by atoms with Gasteiger partial charge >= 0.3 is 0 Å². The van der Waals surface area contributed by atoms with Gasteiger partial charge in [0.05, 0.1) is 32.5 Å². The van der Waals surface area contributed by atoms with Gasteiger partial charge in [-0.05, 0) is 63.7 Å². The molecule has 0 saturated carbocycles. The predicted molar refractivity (Wildman–Crippen MR) is 128 cm³/mol. The summed E-state index contributed by atoms with van der Waals surface area (Å²) in [5.74, 6) is -1.94. The summed E-state index contributed by atoms with van der Waals surface area (Å²) in [5, 5.41) is 0. The van der Waals surface area contributed by atoms with E-state index in [-0.39, 0.29) is 17.4 Å². The minimum Gasteiger partial charge on any atom is -0.498 e. The second kappa shape index (κ2) is 19.2. The van der Waals surface area contributed by atoms with E-state index in [0.29, 0.717) is 24.9 Å². The summed E-state index contributed by atoms with van der Waals surface area (Å²) in [4.78, 5) is 0. The molecule has 1 aliphatic heterocycles. The summed E-state index contributed by atoms with van der Waals surface area (Å²) in [6.45, 7) is 18.0. The third-order valence-electron chi connectivity index (χ3n) is 4.83. The number of ether oxygens (including phenoxy) is 3. The van der Waals surface area contributed by atoms with Crippen LogP contribution in [-0.2, 0) is 14.2 Å². The van der Waals surface area contributed by atoms with Crippen molar-refractivity contribution in [1.82, 2.24) is 0 Å². The first kappa shape index (κ1) is 31.7. The lowest BCUT2D eigenvalue weighted by Crippen LogP contribution is -2.31. The lowest BCUT2D eigenvalue weighted by atomic mass is 10.0. The molecule has 31 heavy (non-hydrogen) atoms. The maximum atomic E-state index is 14.1. The van der Waals surface area contributed by atoms with E-state index in [0.717, 1.165) is 31.3 Å². The van der Waals surface area contributed by atoms with Crippen LogP contribution in [0.25, 0.3) is 0 Å². The average molecular weight is 445 g/mol. The van der Waals surface area contributed by atoms with Crippen molar-refractivity contribution in [2.24, 2.45) is 0 Å². The maximum Gasteiger partial charge on any atom is 0.196 e. The quantitative estimate of drug-likeness (QED) is 0.264. The van der Waals surface area contributed by atoms with E-state index in [2.05, 4.69) is 6.92 Å². The number of hydrogen-bond acceptors (Lipinski definition) is 3. The van der Waals surface area contributed by atoms with Crippen molar-refractivity contribution in [2.75, 3.05) is 20.3 Å². The molecule has 3 nitrogen and oxygen atoms in total. The van der Waals surface area contributed by atoms with Crippen molar-refractivity contribution in [3.8, 4) is 0 Å². The van der Waals surface area contributed by atoms with Crippen LogP contribution in [0.1, 0.15) is 88.0 Å². The molecule has 1 aliphatic rings. The zero-order chi connectivity index (χ0) is 24.4. The molecule has 5 heteroatoms. The fraction of sp³-hybridized carbons (Fsp3) is 0.692. The van der Waals surface area contributed by atoms with Gasteiger partial charge in [-0.25, -0.2) is 8.78 Å². The van der Waals surface area contributed by atoms with Crippen LogP contribution in [0, 0.1) is 0 Å². The molecule has 0 N–H and O–H groups in total. The second-order valence-corrected chi connectivity index (χ2v) is 7.13. The largest absolute Gasteiger partial charge is 0.498 e. The molecular weight excluding hydrogens is 398 g/mol. The fourth-order valence-corrected chi connectivity index (χ4v) is 2.73. The lowest BCUT2D eigenvalue weighted by molar-refractivity contribution is -0.0824. The average Bonchev–Trinajstić information content (AvgIpc) is 2.82. The van der Waals surface area contributed by atoms with Crippen molar-refractivity contribution >= 4 is 0 Å². The number of allylic oxidation sites excluding steroid dienone is 7. The fourth-order valence-electron chi connectivity index (χ4n) is 2.73. The molecule has 0 bridgehead atoms. The first-order valence-electron chi connectivity index (χ1n) is 11.6. The molecule has 0 aromatic rings. The summed E-state index contributed by atoms with van der Waals surface area (Å²) in [6, 6.07) is 0. The highest BCUT2D eigenvalue weighted by Gasteiger charge is 2.21. The Bertz CT molecular complexity index is 596. The SMILES string of the molecule is CC.CC.CCCC1CCC(OC/C(C)=C/C=C(C)/C(C)=C(F)/C(F)=C(\C)OC)CO1. The van der Waals surface area contributed by atoms with Gasteiger partial charge in [-0.2, -0.15) is 0 Å². The van der Waals surface area contributed by atoms with E-state index < -0.39 is 11.7 Å². The topological polar surface area (TPSA) is 27.7 Å². The lowest BCUT2D eigenvalue weighted by Gasteiger charge is -2.29. The highest BCUT2D eigenvalue weighted by molar-refractivity contribution is 5.39. The number of rotatable bonds is 9. The van der Waals surface area contributed by atoms with E-state index >= 15 is 0 Å². The smallest absolute Gasteiger partial charge is 0.196 e. The molecule has 0 aliphatic carbocycles. The summed E-state index contributed by atoms with van der Waals surface area (Å²) < 4.78 is 44.5. The summed E-state index contributed by atoms with van der Waals surface area (Å²) in [6.07, 6.45) is 8.47. The molecule has 1 fully saturated rings. The normalized spacial score (nSPS) is 21.0. The van der Waals surface area contributed by atoms with E-state index in [1.165, 1.54) is 14.0 Å². The van der Waals surface area contributed by atoms with Crippen molar-refractivity contribution < 1.29 is 23.0 Å². The molecule has 2 unspecified atom stereocenters. The van der Waals surface area contributed by atoms with E-state index in [1.54, 1.807) is 19.9 Å². The van der Waals surface area contributed by atoms with Gasteiger partial charge in [0.15, 0.2) is 11.7 Å². The molecule has 0 aromatic carbocycles. The maximum absolute atomic E-state index is 14.1. The third kappa shape index (κ3) is 12.9. The van der Waals surface area contributed by atoms with Crippen molar-refractivity contribution in [3.63, 3.8) is 0 Å². The molecule has 0 amide bonds. The zero-order valence-electron chi connectivity index (χ0n) is 21.5. The highest BCUT2D eigenvalue weighted by Crippen LogP contribution is 2.25. The highest BCUT2D eigenvalue weighted by atomic mass is 19.2. The van der Waals surface area contributed by atoms with Crippen LogP contribution < -0.4 is 0 Å². The van der Waals surface area contributed by atoms with E-state index in [4.69, 9.17) is 14.2 Å². The monoisotopic (exact) mass is 444 g/mol. The van der Waals surface area contributed by atoms with Gasteiger partial charge in [-0.1, -0.05) is 53.2 Å². The Morgan fingerprint density at radius 1 is 0.968 bits per heavy atom. The van der Waals surface area contributed by atoms with Gasteiger partial charge in [0.1, 0.15) is 5.76 Å². The van der Waals surface area contributed by atoms with E-state index in [9.17, 15) is 8.78 Å². The molecule has 1 heterocycles. The number of methoxy groups -OCH3 is 1. The molecule has 0 aromatic heterocycles. The molecule has 0 spiro atoms. The van der Waals surface area contributed by atoms with Crippen LogP contribution >= 0.6 is 0 Å². The Balaban J connectivity index is 0.